The molecular weight excluding hydrogens is 412 g/mol. The second-order valence-electron chi connectivity index (χ2n) is 8.53. The average Bonchev–Trinajstić information content (AvgIpc) is 2.67. The van der Waals surface area contributed by atoms with E-state index in [9.17, 15) is 10.1 Å². The summed E-state index contributed by atoms with van der Waals surface area (Å²) < 4.78 is 0. The van der Waals surface area contributed by atoms with Gasteiger partial charge in [0.2, 0.25) is 5.82 Å². The van der Waals surface area contributed by atoms with Gasteiger partial charge in [-0.05, 0) is 31.2 Å². The van der Waals surface area contributed by atoms with Crippen LogP contribution < -0.4 is 10.6 Å². The highest BCUT2D eigenvalue weighted by Crippen LogP contribution is 2.37. The van der Waals surface area contributed by atoms with Crippen LogP contribution in [0.1, 0.15) is 74.3 Å². The average molecular weight is 451 g/mol. The Morgan fingerprint density at radius 1 is 1.03 bits per heavy atom. The number of halogens is 1. The minimum atomic E-state index is -0.424. The predicted molar refractivity (Wildman–Crippen MR) is 134 cm³/mol. The van der Waals surface area contributed by atoms with Gasteiger partial charge in [-0.1, -0.05) is 90.4 Å². The van der Waals surface area contributed by atoms with Crippen LogP contribution in [0.15, 0.2) is 36.4 Å². The lowest BCUT2D eigenvalue weighted by molar-refractivity contribution is -0.383. The molecule has 0 saturated carbocycles. The molecule has 1 heterocycles. The summed E-state index contributed by atoms with van der Waals surface area (Å²) in [6.07, 6.45) is 0.804. The minimum Gasteiger partial charge on any atom is -0.375 e. The summed E-state index contributed by atoms with van der Waals surface area (Å²) >= 11 is 6.16. The molecule has 0 bridgehead atoms. The number of benzene rings is 1. The van der Waals surface area contributed by atoms with E-state index < -0.39 is 10.5 Å². The highest BCUT2D eigenvalue weighted by molar-refractivity contribution is 6.30. The van der Waals surface area contributed by atoms with Gasteiger partial charge in [0.1, 0.15) is 10.8 Å². The Bertz CT molecular complexity index is 803. The summed E-state index contributed by atoms with van der Waals surface area (Å²) in [5, 5.41) is 18.3. The van der Waals surface area contributed by atoms with Crippen LogP contribution in [0.3, 0.4) is 0 Å². The summed E-state index contributed by atoms with van der Waals surface area (Å²) in [5.41, 5.74) is 0.924. The van der Waals surface area contributed by atoms with Crippen LogP contribution in [-0.2, 0) is 6.54 Å². The molecule has 0 saturated heterocycles. The van der Waals surface area contributed by atoms with Crippen LogP contribution in [0.4, 0.5) is 17.2 Å². The van der Waals surface area contributed by atoms with Crippen molar-refractivity contribution in [2.45, 2.75) is 80.8 Å². The molecule has 2 rings (SSSR count). The normalized spacial score (nSPS) is 10.8. The molecule has 0 spiro atoms. The molecule has 0 aliphatic heterocycles. The second-order valence-corrected chi connectivity index (χ2v) is 8.92. The van der Waals surface area contributed by atoms with E-state index in [4.69, 9.17) is 11.6 Å². The van der Waals surface area contributed by atoms with Gasteiger partial charge in [-0.25, -0.2) is 4.98 Å². The third kappa shape index (κ3) is 10.5. The molecule has 0 amide bonds. The number of rotatable bonds is 7. The third-order valence-corrected chi connectivity index (χ3v) is 4.09. The van der Waals surface area contributed by atoms with Crippen LogP contribution in [0.25, 0.3) is 0 Å². The molecule has 174 valence electrons. The number of anilines is 2. The fourth-order valence-corrected chi connectivity index (χ4v) is 3.59. The molecule has 0 aliphatic carbocycles. The topological polar surface area (TPSA) is 80.1 Å². The predicted octanol–water partition coefficient (Wildman–Crippen LogP) is 7.93. The zero-order chi connectivity index (χ0) is 24.2. The Kier molecular flexibility index (Phi) is 12.2. The molecule has 2 aromatic rings. The minimum absolute atomic E-state index is 0.0538. The van der Waals surface area contributed by atoms with Crippen LogP contribution in [0, 0.1) is 15.5 Å². The van der Waals surface area contributed by atoms with Crippen LogP contribution in [0.5, 0.6) is 0 Å². The van der Waals surface area contributed by atoms with Crippen molar-refractivity contribution in [3.63, 3.8) is 0 Å². The van der Waals surface area contributed by atoms with Gasteiger partial charge in [-0.3, -0.25) is 10.1 Å². The van der Waals surface area contributed by atoms with E-state index >= 15 is 0 Å². The Hall–Kier alpha value is -2.34. The molecule has 0 atom stereocenters. The van der Waals surface area contributed by atoms with Crippen molar-refractivity contribution in [2.75, 3.05) is 10.6 Å². The zero-order valence-electron chi connectivity index (χ0n) is 20.5. The zero-order valence-corrected chi connectivity index (χ0v) is 21.2. The first-order valence-corrected chi connectivity index (χ1v) is 11.3. The molecule has 7 heteroatoms. The number of nitrogens with one attached hydrogen (secondary N) is 2. The number of pyridine rings is 1. The van der Waals surface area contributed by atoms with Crippen LogP contribution in [0.2, 0.25) is 5.15 Å². The van der Waals surface area contributed by atoms with E-state index in [2.05, 4.69) is 36.4 Å². The molecule has 1 aromatic carbocycles. The maximum absolute atomic E-state index is 11.8. The number of hydrogen-bond acceptors (Lipinski definition) is 5. The fraction of sp³-hybridized carbons (Fsp3) is 0.542. The van der Waals surface area contributed by atoms with E-state index in [1.54, 1.807) is 0 Å². The Morgan fingerprint density at radius 3 is 2.06 bits per heavy atom. The summed E-state index contributed by atoms with van der Waals surface area (Å²) in [6.45, 7) is 18.8. The van der Waals surface area contributed by atoms with Crippen molar-refractivity contribution in [2.24, 2.45) is 5.41 Å². The van der Waals surface area contributed by atoms with Gasteiger partial charge in [0.05, 0.1) is 4.92 Å². The van der Waals surface area contributed by atoms with Gasteiger partial charge < -0.3 is 10.6 Å². The van der Waals surface area contributed by atoms with Crippen molar-refractivity contribution >= 4 is 28.8 Å². The monoisotopic (exact) mass is 450 g/mol. The van der Waals surface area contributed by atoms with Crippen molar-refractivity contribution in [1.29, 1.82) is 0 Å². The van der Waals surface area contributed by atoms with E-state index in [-0.39, 0.29) is 22.1 Å². The third-order valence-electron chi connectivity index (χ3n) is 3.90. The standard InChI is InChI=1S/C20H27ClN4O2.2C2H6/c1-19(2,3)13-20(4,5)24-18-17(25(26)27)15(11-16(21)23-18)22-12-14-9-7-6-8-10-14;2*1-2/h6-11H,12-13H2,1-5H3,(H2,22,23,24);2*1-2H3. The van der Waals surface area contributed by atoms with Crippen molar-refractivity contribution in [1.82, 2.24) is 4.98 Å². The van der Waals surface area contributed by atoms with E-state index in [1.165, 1.54) is 6.07 Å². The highest BCUT2D eigenvalue weighted by Gasteiger charge is 2.30. The van der Waals surface area contributed by atoms with Crippen molar-refractivity contribution in [3.8, 4) is 0 Å². The van der Waals surface area contributed by atoms with Crippen molar-refractivity contribution < 1.29 is 4.92 Å². The summed E-state index contributed by atoms with van der Waals surface area (Å²) in [6, 6.07) is 11.2. The fourth-order valence-electron chi connectivity index (χ4n) is 3.40. The molecule has 6 nitrogen and oxygen atoms in total. The van der Waals surface area contributed by atoms with Gasteiger partial charge in [-0.15, -0.1) is 0 Å². The van der Waals surface area contributed by atoms with Crippen LogP contribution >= 0.6 is 11.6 Å². The largest absolute Gasteiger partial charge is 0.375 e. The number of nitro groups is 1. The van der Waals surface area contributed by atoms with Crippen LogP contribution in [-0.4, -0.2) is 15.4 Å². The SMILES string of the molecule is CC.CC.CC(C)(C)CC(C)(C)Nc1nc(Cl)cc(NCc2ccccc2)c1[N+](=O)[O-]. The van der Waals surface area contributed by atoms with Gasteiger partial charge >= 0.3 is 5.69 Å². The molecule has 2 N–H and O–H groups in total. The first-order chi connectivity index (χ1) is 14.5. The van der Waals surface area contributed by atoms with E-state index in [1.807, 2.05) is 71.9 Å². The molecule has 0 aliphatic rings. The second kappa shape index (κ2) is 13.2. The smallest absolute Gasteiger partial charge is 0.334 e. The lowest BCUT2D eigenvalue weighted by Gasteiger charge is -2.33. The molecule has 31 heavy (non-hydrogen) atoms. The number of nitrogens with zero attached hydrogens (tertiary/aromatic N) is 2. The Balaban J connectivity index is 0.00000212. The maximum atomic E-state index is 11.8. The summed E-state index contributed by atoms with van der Waals surface area (Å²) in [4.78, 5) is 15.6. The highest BCUT2D eigenvalue weighted by atomic mass is 35.5. The summed E-state index contributed by atoms with van der Waals surface area (Å²) in [7, 11) is 0. The van der Waals surface area contributed by atoms with Gasteiger partial charge in [0.25, 0.3) is 0 Å². The lowest BCUT2D eigenvalue weighted by Crippen LogP contribution is -2.36. The molecule has 0 fully saturated rings. The van der Waals surface area contributed by atoms with Gasteiger partial charge in [-0.2, -0.15) is 0 Å². The maximum Gasteiger partial charge on any atom is 0.334 e. The number of aromatic nitrogens is 1. The molecule has 0 radical (unpaired) electrons. The van der Waals surface area contributed by atoms with E-state index in [0.717, 1.165) is 12.0 Å². The van der Waals surface area contributed by atoms with Crippen molar-refractivity contribution in [3.05, 3.63) is 57.2 Å². The molecule has 0 unspecified atom stereocenters. The number of hydrogen-bond donors (Lipinski definition) is 2. The van der Waals surface area contributed by atoms with Gasteiger partial charge in [0.15, 0.2) is 0 Å². The summed E-state index contributed by atoms with van der Waals surface area (Å²) in [5.74, 6) is 0.178. The quantitative estimate of drug-likeness (QED) is 0.254. The Labute approximate surface area is 193 Å². The molecule has 1 aromatic heterocycles. The van der Waals surface area contributed by atoms with Gasteiger partial charge in [0, 0.05) is 18.2 Å². The Morgan fingerprint density at radius 2 is 1.58 bits per heavy atom. The lowest BCUT2D eigenvalue weighted by atomic mass is 9.82. The first-order valence-electron chi connectivity index (χ1n) is 10.9. The van der Waals surface area contributed by atoms with E-state index in [0.29, 0.717) is 12.2 Å². The first kappa shape index (κ1) is 28.7. The molecular formula is C24H39ClN4O2.